The molecule has 0 aliphatic heterocycles. The predicted molar refractivity (Wildman–Crippen MR) is 99.2 cm³/mol. The van der Waals surface area contributed by atoms with E-state index in [1.54, 1.807) is 6.21 Å². The highest BCUT2D eigenvalue weighted by Crippen LogP contribution is 2.21. The van der Waals surface area contributed by atoms with Gasteiger partial charge in [0.15, 0.2) is 0 Å². The van der Waals surface area contributed by atoms with Crippen molar-refractivity contribution in [2.45, 2.75) is 13.3 Å². The largest absolute Gasteiger partial charge is 0.457 e. The van der Waals surface area contributed by atoms with Crippen molar-refractivity contribution in [1.29, 1.82) is 0 Å². The van der Waals surface area contributed by atoms with E-state index in [9.17, 15) is 4.79 Å². The minimum absolute atomic E-state index is 0.196. The molecule has 2 aromatic carbocycles. The third-order valence-electron chi connectivity index (χ3n) is 3.25. The highest BCUT2D eigenvalue weighted by Gasteiger charge is 2.05. The summed E-state index contributed by atoms with van der Waals surface area (Å²) in [7, 11) is 0. The van der Waals surface area contributed by atoms with Crippen LogP contribution in [0, 0.1) is 6.92 Å². The maximum absolute atomic E-state index is 11.8. The minimum atomic E-state index is -0.196. The zero-order chi connectivity index (χ0) is 17.5. The van der Waals surface area contributed by atoms with Crippen LogP contribution in [0.25, 0.3) is 0 Å². The molecule has 1 amide bonds. The number of hydrogen-bond donors (Lipinski definition) is 1. The van der Waals surface area contributed by atoms with E-state index in [-0.39, 0.29) is 12.3 Å². The van der Waals surface area contributed by atoms with E-state index in [1.165, 1.54) is 11.3 Å². The highest BCUT2D eigenvalue weighted by atomic mass is 32.1. The SMILES string of the molecule is Cc1nc(CC(=O)N/N=C\c2cccc(Oc3ccccc3)c2)cs1. The van der Waals surface area contributed by atoms with E-state index in [0.717, 1.165) is 22.0 Å². The Morgan fingerprint density at radius 3 is 2.76 bits per heavy atom. The van der Waals surface area contributed by atoms with E-state index in [2.05, 4.69) is 15.5 Å². The van der Waals surface area contributed by atoms with Gasteiger partial charge in [0.25, 0.3) is 0 Å². The van der Waals surface area contributed by atoms with Crippen LogP contribution in [0.3, 0.4) is 0 Å². The zero-order valence-corrected chi connectivity index (χ0v) is 14.5. The van der Waals surface area contributed by atoms with Crippen LogP contribution >= 0.6 is 11.3 Å². The third kappa shape index (κ3) is 5.26. The Hall–Kier alpha value is -2.99. The number of carbonyl (C=O) groups is 1. The number of ether oxygens (including phenoxy) is 1. The summed E-state index contributed by atoms with van der Waals surface area (Å²) >= 11 is 1.53. The van der Waals surface area contributed by atoms with Gasteiger partial charge in [0.1, 0.15) is 11.5 Å². The standard InChI is InChI=1S/C19H17N3O2S/c1-14-21-16(13-25-14)11-19(23)22-20-12-15-6-5-9-18(10-15)24-17-7-3-2-4-8-17/h2-10,12-13H,11H2,1H3,(H,22,23)/b20-12-. The minimum Gasteiger partial charge on any atom is -0.457 e. The normalized spacial score (nSPS) is 10.8. The fourth-order valence-electron chi connectivity index (χ4n) is 2.16. The molecule has 5 nitrogen and oxygen atoms in total. The number of hydrazone groups is 1. The van der Waals surface area contributed by atoms with Gasteiger partial charge in [-0.2, -0.15) is 5.10 Å². The number of nitrogens with zero attached hydrogens (tertiary/aromatic N) is 2. The molecule has 1 aromatic heterocycles. The summed E-state index contributed by atoms with van der Waals surface area (Å²) in [5, 5.41) is 6.81. The number of amides is 1. The first kappa shape index (κ1) is 16.9. The fourth-order valence-corrected chi connectivity index (χ4v) is 2.77. The van der Waals surface area contributed by atoms with Gasteiger partial charge >= 0.3 is 0 Å². The third-order valence-corrected chi connectivity index (χ3v) is 4.07. The van der Waals surface area contributed by atoms with Crippen LogP contribution in [0.1, 0.15) is 16.3 Å². The van der Waals surface area contributed by atoms with Gasteiger partial charge in [0, 0.05) is 5.38 Å². The second-order valence-electron chi connectivity index (χ2n) is 5.32. The Bertz CT molecular complexity index is 875. The molecule has 0 saturated carbocycles. The van der Waals surface area contributed by atoms with Gasteiger partial charge < -0.3 is 4.74 Å². The molecule has 0 saturated heterocycles. The van der Waals surface area contributed by atoms with E-state index in [0.29, 0.717) is 5.75 Å². The molecule has 6 heteroatoms. The lowest BCUT2D eigenvalue weighted by Crippen LogP contribution is -2.19. The summed E-state index contributed by atoms with van der Waals surface area (Å²) in [6, 6.07) is 17.0. The lowest BCUT2D eigenvalue weighted by Gasteiger charge is -2.05. The number of benzene rings is 2. The summed E-state index contributed by atoms with van der Waals surface area (Å²) in [5.41, 5.74) is 4.10. The summed E-state index contributed by atoms with van der Waals surface area (Å²) in [4.78, 5) is 16.1. The molecule has 3 aromatic rings. The van der Waals surface area contributed by atoms with Gasteiger partial charge in [-0.05, 0) is 36.8 Å². The summed E-state index contributed by atoms with van der Waals surface area (Å²) in [5.74, 6) is 1.28. The van der Waals surface area contributed by atoms with Gasteiger partial charge in [0.2, 0.25) is 5.91 Å². The van der Waals surface area contributed by atoms with Gasteiger partial charge in [-0.15, -0.1) is 11.3 Å². The maximum atomic E-state index is 11.8. The molecule has 0 unspecified atom stereocenters. The quantitative estimate of drug-likeness (QED) is 0.540. The predicted octanol–water partition coefficient (Wildman–Crippen LogP) is 3.94. The van der Waals surface area contributed by atoms with E-state index < -0.39 is 0 Å². The Morgan fingerprint density at radius 1 is 1.20 bits per heavy atom. The fraction of sp³-hybridized carbons (Fsp3) is 0.105. The molecule has 0 aliphatic carbocycles. The molecule has 0 spiro atoms. The Labute approximate surface area is 150 Å². The monoisotopic (exact) mass is 351 g/mol. The van der Waals surface area contributed by atoms with Gasteiger partial charge in [0.05, 0.1) is 23.3 Å². The molecule has 3 rings (SSSR count). The first-order chi connectivity index (χ1) is 12.2. The number of rotatable bonds is 6. The lowest BCUT2D eigenvalue weighted by molar-refractivity contribution is -0.120. The molecule has 126 valence electrons. The van der Waals surface area contributed by atoms with Crippen LogP contribution in [0.2, 0.25) is 0 Å². The molecule has 0 radical (unpaired) electrons. The highest BCUT2D eigenvalue weighted by molar-refractivity contribution is 7.09. The van der Waals surface area contributed by atoms with Crippen molar-refractivity contribution in [3.63, 3.8) is 0 Å². The summed E-state index contributed by atoms with van der Waals surface area (Å²) in [6.45, 7) is 1.91. The van der Waals surface area contributed by atoms with Crippen LogP contribution in [0.5, 0.6) is 11.5 Å². The number of aryl methyl sites for hydroxylation is 1. The Morgan fingerprint density at radius 2 is 2.00 bits per heavy atom. The van der Waals surface area contributed by atoms with Crippen LogP contribution in [-0.4, -0.2) is 17.1 Å². The molecule has 25 heavy (non-hydrogen) atoms. The number of aromatic nitrogens is 1. The van der Waals surface area contributed by atoms with Crippen molar-refractivity contribution < 1.29 is 9.53 Å². The number of carbonyl (C=O) groups excluding carboxylic acids is 1. The second kappa shape index (κ2) is 8.21. The second-order valence-corrected chi connectivity index (χ2v) is 6.38. The zero-order valence-electron chi connectivity index (χ0n) is 13.7. The molecule has 0 fully saturated rings. The lowest BCUT2D eigenvalue weighted by atomic mass is 10.2. The van der Waals surface area contributed by atoms with Crippen molar-refractivity contribution in [1.82, 2.24) is 10.4 Å². The first-order valence-electron chi connectivity index (χ1n) is 7.75. The maximum Gasteiger partial charge on any atom is 0.246 e. The van der Waals surface area contributed by atoms with Gasteiger partial charge in [-0.3, -0.25) is 4.79 Å². The molecular formula is C19H17N3O2S. The molecule has 1 N–H and O–H groups in total. The van der Waals surface area contributed by atoms with Gasteiger partial charge in [-0.25, -0.2) is 10.4 Å². The topological polar surface area (TPSA) is 63.6 Å². The summed E-state index contributed by atoms with van der Waals surface area (Å²) < 4.78 is 5.77. The van der Waals surface area contributed by atoms with Crippen LogP contribution in [0.15, 0.2) is 65.1 Å². The molecule has 0 bridgehead atoms. The number of para-hydroxylation sites is 1. The first-order valence-corrected chi connectivity index (χ1v) is 8.63. The smallest absolute Gasteiger partial charge is 0.246 e. The van der Waals surface area contributed by atoms with Crippen LogP contribution < -0.4 is 10.2 Å². The average molecular weight is 351 g/mol. The van der Waals surface area contributed by atoms with Gasteiger partial charge in [-0.1, -0.05) is 30.3 Å². The molecular weight excluding hydrogens is 334 g/mol. The van der Waals surface area contributed by atoms with Crippen LogP contribution in [0.4, 0.5) is 0 Å². The van der Waals surface area contributed by atoms with E-state index in [4.69, 9.17) is 4.74 Å². The van der Waals surface area contributed by atoms with Crippen LogP contribution in [-0.2, 0) is 11.2 Å². The molecule has 0 atom stereocenters. The van der Waals surface area contributed by atoms with Crippen molar-refractivity contribution in [3.05, 3.63) is 76.2 Å². The molecule has 1 heterocycles. The van der Waals surface area contributed by atoms with E-state index in [1.807, 2.05) is 66.9 Å². The Balaban J connectivity index is 1.56. The summed E-state index contributed by atoms with van der Waals surface area (Å²) in [6.07, 6.45) is 1.81. The molecule has 0 aliphatic rings. The number of thiazole rings is 1. The Kier molecular flexibility index (Phi) is 5.53. The average Bonchev–Trinajstić information content (AvgIpc) is 3.01. The van der Waals surface area contributed by atoms with Crippen molar-refractivity contribution in [2.24, 2.45) is 5.10 Å². The van der Waals surface area contributed by atoms with Crippen molar-refractivity contribution in [2.75, 3.05) is 0 Å². The number of hydrogen-bond acceptors (Lipinski definition) is 5. The number of nitrogens with one attached hydrogen (secondary N) is 1. The van der Waals surface area contributed by atoms with E-state index >= 15 is 0 Å². The van der Waals surface area contributed by atoms with Crippen molar-refractivity contribution >= 4 is 23.5 Å². The van der Waals surface area contributed by atoms with Crippen molar-refractivity contribution in [3.8, 4) is 11.5 Å².